The molecule has 0 aliphatic carbocycles. The topological polar surface area (TPSA) is 25.4 Å². The molecule has 0 aliphatic heterocycles. The van der Waals surface area contributed by atoms with E-state index in [1.54, 1.807) is 7.11 Å². The molecular weight excluding hydrogens is 200 g/mol. The molecule has 0 fully saturated rings. The Bertz CT molecular complexity index is 374. The molecule has 3 nitrogen and oxygen atoms in total. The van der Waals surface area contributed by atoms with Crippen molar-refractivity contribution >= 4 is 11.4 Å². The zero-order valence-electron chi connectivity index (χ0n) is 10.6. The highest BCUT2D eigenvalue weighted by atomic mass is 16.5. The van der Waals surface area contributed by atoms with Gasteiger partial charge >= 0.3 is 0 Å². The van der Waals surface area contributed by atoms with Gasteiger partial charge in [0.1, 0.15) is 5.82 Å². The number of aromatic nitrogens is 1. The molecule has 1 aromatic rings. The molecule has 0 radical (unpaired) electrons. The number of hydrogen-bond donors (Lipinski definition) is 0. The molecule has 0 aromatic carbocycles. The third-order valence-corrected chi connectivity index (χ3v) is 2.55. The summed E-state index contributed by atoms with van der Waals surface area (Å²) in [5, 5.41) is 0. The Labute approximate surface area is 97.8 Å². The molecule has 1 rings (SSSR count). The standard InChI is InChI=1S/C13H20N2O/c1-10(2)12-6-7-13(14-11(12)3)15(4)8-9-16-5/h6-7H,1,8-9H2,2-5H3. The van der Waals surface area contributed by atoms with Crippen molar-refractivity contribution in [2.75, 3.05) is 32.2 Å². The summed E-state index contributed by atoms with van der Waals surface area (Å²) in [5.41, 5.74) is 3.20. The van der Waals surface area contributed by atoms with Crippen LogP contribution in [0.4, 0.5) is 5.82 Å². The van der Waals surface area contributed by atoms with Gasteiger partial charge in [0.15, 0.2) is 0 Å². The largest absolute Gasteiger partial charge is 0.383 e. The van der Waals surface area contributed by atoms with E-state index in [4.69, 9.17) is 4.74 Å². The second-order valence-electron chi connectivity index (χ2n) is 4.00. The lowest BCUT2D eigenvalue weighted by atomic mass is 10.1. The monoisotopic (exact) mass is 220 g/mol. The van der Waals surface area contributed by atoms with Gasteiger partial charge in [-0.1, -0.05) is 6.58 Å². The van der Waals surface area contributed by atoms with Gasteiger partial charge in [-0.3, -0.25) is 0 Å². The van der Waals surface area contributed by atoms with E-state index in [-0.39, 0.29) is 0 Å². The molecule has 0 atom stereocenters. The van der Waals surface area contributed by atoms with Crippen molar-refractivity contribution in [1.82, 2.24) is 4.98 Å². The van der Waals surface area contributed by atoms with Crippen molar-refractivity contribution in [2.24, 2.45) is 0 Å². The summed E-state index contributed by atoms with van der Waals surface area (Å²) in [6, 6.07) is 4.09. The lowest BCUT2D eigenvalue weighted by Gasteiger charge is -2.18. The maximum absolute atomic E-state index is 5.04. The van der Waals surface area contributed by atoms with Crippen LogP contribution in [-0.2, 0) is 4.74 Å². The Balaban J connectivity index is 2.84. The van der Waals surface area contributed by atoms with E-state index < -0.39 is 0 Å². The highest BCUT2D eigenvalue weighted by molar-refractivity contribution is 5.64. The highest BCUT2D eigenvalue weighted by Crippen LogP contribution is 2.18. The van der Waals surface area contributed by atoms with Crippen LogP contribution in [-0.4, -0.2) is 32.3 Å². The van der Waals surface area contributed by atoms with Gasteiger partial charge in [0.05, 0.1) is 6.61 Å². The first kappa shape index (κ1) is 12.7. The molecule has 0 unspecified atom stereocenters. The minimum absolute atomic E-state index is 0.708. The van der Waals surface area contributed by atoms with E-state index >= 15 is 0 Å². The first-order chi connectivity index (χ1) is 7.56. The van der Waals surface area contributed by atoms with Gasteiger partial charge in [-0.25, -0.2) is 4.98 Å². The van der Waals surface area contributed by atoms with Crippen molar-refractivity contribution in [1.29, 1.82) is 0 Å². The first-order valence-corrected chi connectivity index (χ1v) is 5.40. The average Bonchev–Trinajstić information content (AvgIpc) is 2.25. The molecule has 0 saturated heterocycles. The van der Waals surface area contributed by atoms with E-state index in [9.17, 15) is 0 Å². The molecule has 0 spiro atoms. The van der Waals surface area contributed by atoms with E-state index in [1.807, 2.05) is 27.0 Å². The number of rotatable bonds is 5. The minimum Gasteiger partial charge on any atom is -0.383 e. The maximum Gasteiger partial charge on any atom is 0.128 e. The second kappa shape index (κ2) is 5.66. The number of likely N-dealkylation sites (N-methyl/N-ethyl adjacent to an activating group) is 1. The van der Waals surface area contributed by atoms with Crippen molar-refractivity contribution < 1.29 is 4.74 Å². The fourth-order valence-corrected chi connectivity index (χ4v) is 1.55. The smallest absolute Gasteiger partial charge is 0.128 e. The van der Waals surface area contributed by atoms with Crippen LogP contribution in [0.15, 0.2) is 18.7 Å². The minimum atomic E-state index is 0.708. The van der Waals surface area contributed by atoms with Gasteiger partial charge in [-0.05, 0) is 37.1 Å². The van der Waals surface area contributed by atoms with Crippen molar-refractivity contribution in [2.45, 2.75) is 13.8 Å². The molecule has 0 saturated carbocycles. The second-order valence-corrected chi connectivity index (χ2v) is 4.00. The Morgan fingerprint density at radius 3 is 2.69 bits per heavy atom. The highest BCUT2D eigenvalue weighted by Gasteiger charge is 2.05. The SMILES string of the molecule is C=C(C)c1ccc(N(C)CCOC)nc1C. The van der Waals surface area contributed by atoms with Gasteiger partial charge in [0.25, 0.3) is 0 Å². The van der Waals surface area contributed by atoms with Crippen molar-refractivity contribution in [3.05, 3.63) is 30.0 Å². The van der Waals surface area contributed by atoms with Gasteiger partial charge in [-0.15, -0.1) is 0 Å². The molecule has 1 heterocycles. The molecule has 0 N–H and O–H groups in total. The number of pyridine rings is 1. The summed E-state index contributed by atoms with van der Waals surface area (Å²) in [6.07, 6.45) is 0. The predicted octanol–water partition coefficient (Wildman–Crippen LogP) is 2.51. The Morgan fingerprint density at radius 2 is 2.19 bits per heavy atom. The van der Waals surface area contributed by atoms with Crippen LogP contribution >= 0.6 is 0 Å². The molecule has 16 heavy (non-hydrogen) atoms. The Hall–Kier alpha value is -1.35. The van der Waals surface area contributed by atoms with Gasteiger partial charge in [0.2, 0.25) is 0 Å². The van der Waals surface area contributed by atoms with E-state index in [2.05, 4.69) is 22.5 Å². The molecule has 0 aliphatic rings. The lowest BCUT2D eigenvalue weighted by Crippen LogP contribution is -2.23. The summed E-state index contributed by atoms with van der Waals surface area (Å²) >= 11 is 0. The van der Waals surface area contributed by atoms with Gasteiger partial charge in [-0.2, -0.15) is 0 Å². The molecular formula is C13H20N2O. The summed E-state index contributed by atoms with van der Waals surface area (Å²) in [4.78, 5) is 6.64. The molecule has 3 heteroatoms. The number of aryl methyl sites for hydroxylation is 1. The number of methoxy groups -OCH3 is 1. The zero-order chi connectivity index (χ0) is 12.1. The fraction of sp³-hybridized carbons (Fsp3) is 0.462. The molecule has 0 amide bonds. The first-order valence-electron chi connectivity index (χ1n) is 5.40. The Morgan fingerprint density at radius 1 is 1.50 bits per heavy atom. The summed E-state index contributed by atoms with van der Waals surface area (Å²) in [6.45, 7) is 9.50. The van der Waals surface area contributed by atoms with Crippen LogP contribution in [0.3, 0.4) is 0 Å². The van der Waals surface area contributed by atoms with Crippen LogP contribution in [0.1, 0.15) is 18.2 Å². The van der Waals surface area contributed by atoms with E-state index in [0.717, 1.165) is 29.2 Å². The molecule has 0 bridgehead atoms. The van der Waals surface area contributed by atoms with Crippen molar-refractivity contribution in [3.8, 4) is 0 Å². The van der Waals surface area contributed by atoms with Gasteiger partial charge in [0, 0.05) is 26.4 Å². The maximum atomic E-state index is 5.04. The number of ether oxygens (including phenoxy) is 1. The van der Waals surface area contributed by atoms with Crippen LogP contribution < -0.4 is 4.90 Å². The van der Waals surface area contributed by atoms with E-state index in [1.165, 1.54) is 0 Å². The van der Waals surface area contributed by atoms with Gasteiger partial charge < -0.3 is 9.64 Å². The zero-order valence-corrected chi connectivity index (χ0v) is 10.6. The molecule has 88 valence electrons. The number of anilines is 1. The average molecular weight is 220 g/mol. The van der Waals surface area contributed by atoms with Crippen LogP contribution in [0.2, 0.25) is 0 Å². The third-order valence-electron chi connectivity index (χ3n) is 2.55. The lowest BCUT2D eigenvalue weighted by molar-refractivity contribution is 0.206. The fourth-order valence-electron chi connectivity index (χ4n) is 1.55. The normalized spacial score (nSPS) is 10.2. The molecule has 1 aromatic heterocycles. The van der Waals surface area contributed by atoms with Crippen LogP contribution in [0.5, 0.6) is 0 Å². The summed E-state index contributed by atoms with van der Waals surface area (Å²) in [7, 11) is 3.72. The van der Waals surface area contributed by atoms with Crippen LogP contribution in [0, 0.1) is 6.92 Å². The summed E-state index contributed by atoms with van der Waals surface area (Å²) in [5.74, 6) is 0.972. The third kappa shape index (κ3) is 3.07. The number of nitrogens with zero attached hydrogens (tertiary/aromatic N) is 2. The van der Waals surface area contributed by atoms with Crippen LogP contribution in [0.25, 0.3) is 5.57 Å². The van der Waals surface area contributed by atoms with E-state index in [0.29, 0.717) is 6.61 Å². The number of hydrogen-bond acceptors (Lipinski definition) is 3. The number of allylic oxidation sites excluding steroid dienone is 1. The predicted molar refractivity (Wildman–Crippen MR) is 68.8 cm³/mol. The Kier molecular flexibility index (Phi) is 4.50. The quantitative estimate of drug-likeness (QED) is 0.762. The summed E-state index contributed by atoms with van der Waals surface area (Å²) < 4.78 is 5.04. The van der Waals surface area contributed by atoms with Crippen molar-refractivity contribution in [3.63, 3.8) is 0 Å².